The van der Waals surface area contributed by atoms with Gasteiger partial charge in [0.2, 0.25) is 0 Å². The van der Waals surface area contributed by atoms with Crippen molar-refractivity contribution in [2.75, 3.05) is 7.11 Å². The molecular formula is C21H20N4O4. The predicted molar refractivity (Wildman–Crippen MR) is 109 cm³/mol. The van der Waals surface area contributed by atoms with Gasteiger partial charge in [0.05, 0.1) is 24.3 Å². The summed E-state index contributed by atoms with van der Waals surface area (Å²) in [6.07, 6.45) is 2.16. The number of fused-ring (bicyclic) bond motifs is 1. The molecule has 2 aromatic carbocycles. The summed E-state index contributed by atoms with van der Waals surface area (Å²) in [5.74, 6) is -0.949. The van der Waals surface area contributed by atoms with Crippen molar-refractivity contribution in [2.45, 2.75) is 19.9 Å². The Kier molecular flexibility index (Phi) is 6.13. The first-order chi connectivity index (χ1) is 14.0. The lowest BCUT2D eigenvalue weighted by atomic mass is 10.1. The molecule has 0 radical (unpaired) electrons. The zero-order chi connectivity index (χ0) is 20.8. The van der Waals surface area contributed by atoms with Crippen LogP contribution in [-0.4, -0.2) is 35.0 Å². The van der Waals surface area contributed by atoms with Crippen molar-refractivity contribution in [3.63, 3.8) is 0 Å². The van der Waals surface area contributed by atoms with Crippen LogP contribution in [0.15, 0.2) is 58.4 Å². The van der Waals surface area contributed by atoms with Gasteiger partial charge in [0.1, 0.15) is 0 Å². The zero-order valence-corrected chi connectivity index (χ0v) is 16.1. The standard InChI is InChI=1S/C21H20N4O4/c1-3-12-25-20(27)17-7-5-4-6-16(17)18(24-25)19(26)23-22-13-14-8-10-15(11-9-14)21(28)29-2/h4-11,13H,3,12H2,1-2H3,(H,23,26)/b22-13-. The van der Waals surface area contributed by atoms with E-state index in [0.717, 1.165) is 0 Å². The van der Waals surface area contributed by atoms with E-state index in [1.807, 2.05) is 6.92 Å². The maximum atomic E-state index is 12.6. The number of esters is 1. The molecule has 0 unspecified atom stereocenters. The van der Waals surface area contributed by atoms with Crippen LogP contribution in [0.25, 0.3) is 10.8 Å². The topological polar surface area (TPSA) is 103 Å². The molecule has 0 fully saturated rings. The molecule has 0 bridgehead atoms. The van der Waals surface area contributed by atoms with Gasteiger partial charge in [-0.15, -0.1) is 0 Å². The molecule has 0 spiro atoms. The summed E-state index contributed by atoms with van der Waals surface area (Å²) in [5.41, 5.74) is 3.45. The van der Waals surface area contributed by atoms with E-state index < -0.39 is 11.9 Å². The van der Waals surface area contributed by atoms with Crippen LogP contribution in [0.1, 0.15) is 39.8 Å². The number of ether oxygens (including phenoxy) is 1. The van der Waals surface area contributed by atoms with E-state index in [2.05, 4.69) is 20.4 Å². The van der Waals surface area contributed by atoms with E-state index in [0.29, 0.717) is 34.9 Å². The molecular weight excluding hydrogens is 372 g/mol. The van der Waals surface area contributed by atoms with Crippen LogP contribution in [0.2, 0.25) is 0 Å². The molecule has 1 N–H and O–H groups in total. The summed E-state index contributed by atoms with van der Waals surface area (Å²) in [6, 6.07) is 13.4. The molecule has 3 rings (SSSR count). The molecule has 1 heterocycles. The van der Waals surface area contributed by atoms with Crippen molar-refractivity contribution in [3.05, 3.63) is 75.7 Å². The largest absolute Gasteiger partial charge is 0.465 e. The molecule has 0 aliphatic carbocycles. The first-order valence-corrected chi connectivity index (χ1v) is 9.06. The number of rotatable bonds is 6. The molecule has 0 saturated heterocycles. The van der Waals surface area contributed by atoms with E-state index in [9.17, 15) is 14.4 Å². The molecule has 148 valence electrons. The summed E-state index contributed by atoms with van der Waals surface area (Å²) >= 11 is 0. The fourth-order valence-electron chi connectivity index (χ4n) is 2.81. The van der Waals surface area contributed by atoms with Gasteiger partial charge in [0, 0.05) is 11.9 Å². The van der Waals surface area contributed by atoms with E-state index >= 15 is 0 Å². The van der Waals surface area contributed by atoms with E-state index in [1.54, 1.807) is 48.5 Å². The minimum atomic E-state index is -0.520. The predicted octanol–water partition coefficient (Wildman–Crippen LogP) is 2.36. The number of hydrogen-bond acceptors (Lipinski definition) is 6. The SMILES string of the molecule is CCCn1nc(C(=O)N/N=C\c2ccc(C(=O)OC)cc2)c2ccccc2c1=O. The van der Waals surface area contributed by atoms with Gasteiger partial charge in [-0.2, -0.15) is 10.2 Å². The minimum Gasteiger partial charge on any atom is -0.465 e. The number of carbonyl (C=O) groups is 2. The number of hydrazone groups is 1. The third-order valence-electron chi connectivity index (χ3n) is 4.23. The molecule has 29 heavy (non-hydrogen) atoms. The van der Waals surface area contributed by atoms with Crippen molar-refractivity contribution < 1.29 is 14.3 Å². The van der Waals surface area contributed by atoms with Gasteiger partial charge in [-0.25, -0.2) is 14.9 Å². The van der Waals surface area contributed by atoms with Crippen molar-refractivity contribution in [1.29, 1.82) is 0 Å². The average Bonchev–Trinajstić information content (AvgIpc) is 2.75. The summed E-state index contributed by atoms with van der Waals surface area (Å²) in [7, 11) is 1.31. The first kappa shape index (κ1) is 19.9. The van der Waals surface area contributed by atoms with Gasteiger partial charge in [0.25, 0.3) is 11.5 Å². The highest BCUT2D eigenvalue weighted by Gasteiger charge is 2.16. The first-order valence-electron chi connectivity index (χ1n) is 9.06. The highest BCUT2D eigenvalue weighted by atomic mass is 16.5. The van der Waals surface area contributed by atoms with Crippen LogP contribution in [-0.2, 0) is 11.3 Å². The van der Waals surface area contributed by atoms with Crippen LogP contribution in [0, 0.1) is 0 Å². The molecule has 1 amide bonds. The van der Waals surface area contributed by atoms with Crippen molar-refractivity contribution >= 4 is 28.9 Å². The Balaban J connectivity index is 1.83. The second kappa shape index (κ2) is 8.92. The molecule has 0 saturated carbocycles. The van der Waals surface area contributed by atoms with Crippen LogP contribution < -0.4 is 11.0 Å². The number of aryl methyl sites for hydroxylation is 1. The monoisotopic (exact) mass is 392 g/mol. The fourth-order valence-corrected chi connectivity index (χ4v) is 2.81. The Morgan fingerprint density at radius 1 is 1.14 bits per heavy atom. The highest BCUT2D eigenvalue weighted by molar-refractivity contribution is 6.05. The summed E-state index contributed by atoms with van der Waals surface area (Å²) in [4.78, 5) is 36.6. The number of carbonyl (C=O) groups excluding carboxylic acids is 2. The maximum absolute atomic E-state index is 12.6. The van der Waals surface area contributed by atoms with E-state index in [4.69, 9.17) is 0 Å². The quantitative estimate of drug-likeness (QED) is 0.394. The van der Waals surface area contributed by atoms with Gasteiger partial charge < -0.3 is 4.74 Å². The molecule has 8 nitrogen and oxygen atoms in total. The Morgan fingerprint density at radius 2 is 1.83 bits per heavy atom. The minimum absolute atomic E-state index is 0.131. The van der Waals surface area contributed by atoms with E-state index in [-0.39, 0.29) is 11.3 Å². The molecule has 0 atom stereocenters. The third kappa shape index (κ3) is 4.37. The van der Waals surface area contributed by atoms with E-state index in [1.165, 1.54) is 18.0 Å². The Bertz CT molecular complexity index is 1130. The number of amides is 1. The van der Waals surface area contributed by atoms with Crippen molar-refractivity contribution in [3.8, 4) is 0 Å². The van der Waals surface area contributed by atoms with Gasteiger partial charge in [-0.05, 0) is 30.2 Å². The van der Waals surface area contributed by atoms with Crippen molar-refractivity contribution in [1.82, 2.24) is 15.2 Å². The van der Waals surface area contributed by atoms with Crippen LogP contribution in [0.5, 0.6) is 0 Å². The third-order valence-corrected chi connectivity index (χ3v) is 4.23. The van der Waals surface area contributed by atoms with Crippen molar-refractivity contribution in [2.24, 2.45) is 5.10 Å². The Labute approximate surface area is 166 Å². The average molecular weight is 392 g/mol. The van der Waals surface area contributed by atoms with Crippen LogP contribution in [0.3, 0.4) is 0 Å². The summed E-state index contributed by atoms with van der Waals surface area (Å²) in [5, 5.41) is 9.08. The van der Waals surface area contributed by atoms with Gasteiger partial charge >= 0.3 is 5.97 Å². The number of aromatic nitrogens is 2. The number of hydrogen-bond donors (Lipinski definition) is 1. The lowest BCUT2D eigenvalue weighted by molar-refractivity contribution is 0.0600. The second-order valence-electron chi connectivity index (χ2n) is 6.24. The van der Waals surface area contributed by atoms with Gasteiger partial charge in [0.15, 0.2) is 5.69 Å². The lowest BCUT2D eigenvalue weighted by Gasteiger charge is -2.09. The number of methoxy groups -OCH3 is 1. The lowest BCUT2D eigenvalue weighted by Crippen LogP contribution is -2.29. The zero-order valence-electron chi connectivity index (χ0n) is 16.1. The second-order valence-corrected chi connectivity index (χ2v) is 6.24. The highest BCUT2D eigenvalue weighted by Crippen LogP contribution is 2.13. The fraction of sp³-hybridized carbons (Fsp3) is 0.190. The normalized spacial score (nSPS) is 11.0. The molecule has 0 aliphatic rings. The number of nitrogens with one attached hydrogen (secondary N) is 1. The molecule has 8 heteroatoms. The molecule has 0 aliphatic heterocycles. The number of nitrogens with zero attached hydrogens (tertiary/aromatic N) is 3. The molecule has 1 aromatic heterocycles. The van der Waals surface area contributed by atoms with Gasteiger partial charge in [-0.1, -0.05) is 37.3 Å². The summed E-state index contributed by atoms with van der Waals surface area (Å²) in [6.45, 7) is 2.35. The van der Waals surface area contributed by atoms with Crippen LogP contribution >= 0.6 is 0 Å². The molecule has 3 aromatic rings. The smallest absolute Gasteiger partial charge is 0.337 e. The van der Waals surface area contributed by atoms with Crippen LogP contribution in [0.4, 0.5) is 0 Å². The Morgan fingerprint density at radius 3 is 2.48 bits per heavy atom. The summed E-state index contributed by atoms with van der Waals surface area (Å²) < 4.78 is 5.95. The number of benzene rings is 2. The Hall–Kier alpha value is -3.81. The maximum Gasteiger partial charge on any atom is 0.337 e. The van der Waals surface area contributed by atoms with Gasteiger partial charge in [-0.3, -0.25) is 9.59 Å².